The van der Waals surface area contributed by atoms with Crippen molar-refractivity contribution in [1.29, 1.82) is 0 Å². The van der Waals surface area contributed by atoms with Crippen LogP contribution in [0.25, 0.3) is 11.1 Å². The second kappa shape index (κ2) is 7.60. The topological polar surface area (TPSA) is 86.2 Å². The number of nitrogens with zero attached hydrogens (tertiary/aromatic N) is 3. The Kier molecular flexibility index (Phi) is 5.28. The van der Waals surface area contributed by atoms with Crippen LogP contribution >= 0.6 is 11.6 Å². The van der Waals surface area contributed by atoms with Gasteiger partial charge in [0.25, 0.3) is 5.88 Å². The first-order chi connectivity index (χ1) is 12.0. The Bertz CT molecular complexity index is 854. The van der Waals surface area contributed by atoms with Gasteiger partial charge in [-0.3, -0.25) is 4.68 Å². The normalized spacial score (nSPS) is 12.2. The van der Waals surface area contributed by atoms with Crippen molar-refractivity contribution in [2.45, 2.75) is 12.6 Å². The van der Waals surface area contributed by atoms with Crippen molar-refractivity contribution in [1.82, 2.24) is 14.8 Å². The summed E-state index contributed by atoms with van der Waals surface area (Å²) in [5.41, 5.74) is 7.51. The molecule has 3 rings (SSSR count). The molecule has 1 unspecified atom stereocenters. The Morgan fingerprint density at radius 1 is 1.24 bits per heavy atom. The van der Waals surface area contributed by atoms with Crippen molar-refractivity contribution < 1.29 is 14.2 Å². The summed E-state index contributed by atoms with van der Waals surface area (Å²) in [6.45, 7) is 0.329. The van der Waals surface area contributed by atoms with Gasteiger partial charge in [0.15, 0.2) is 5.82 Å². The van der Waals surface area contributed by atoms with Crippen molar-refractivity contribution in [3.63, 3.8) is 0 Å². The van der Waals surface area contributed by atoms with E-state index in [-0.39, 0.29) is 23.6 Å². The number of nitrogens with two attached hydrogens (primary N) is 1. The van der Waals surface area contributed by atoms with Gasteiger partial charge in [-0.25, -0.2) is 9.37 Å². The number of hydrogen-bond donors (Lipinski definition) is 2. The highest BCUT2D eigenvalue weighted by Crippen LogP contribution is 2.27. The summed E-state index contributed by atoms with van der Waals surface area (Å²) >= 11 is 5.66. The molecule has 6 nitrogen and oxygen atoms in total. The van der Waals surface area contributed by atoms with E-state index in [0.717, 1.165) is 17.2 Å². The largest absolute Gasteiger partial charge is 0.436 e. The standard InChI is InChI=1S/C17H16ClFN4O2/c18-13-5-16(19)17(21-7-13)25-15-3-1-11(2-4-15)12-6-22-23(8-12)9-14(20)10-24/h1-8,14,24H,9-10,20H2. The van der Waals surface area contributed by atoms with Gasteiger partial charge < -0.3 is 15.6 Å². The summed E-state index contributed by atoms with van der Waals surface area (Å²) in [4.78, 5) is 3.82. The van der Waals surface area contributed by atoms with Gasteiger partial charge in [0, 0.05) is 24.0 Å². The van der Waals surface area contributed by atoms with Crippen LogP contribution < -0.4 is 10.5 Å². The minimum atomic E-state index is -0.627. The summed E-state index contributed by atoms with van der Waals surface area (Å²) in [6.07, 6.45) is 4.87. The molecule has 0 aliphatic rings. The lowest BCUT2D eigenvalue weighted by Crippen LogP contribution is -2.29. The molecule has 1 atom stereocenters. The van der Waals surface area contributed by atoms with Gasteiger partial charge in [-0.2, -0.15) is 5.10 Å². The van der Waals surface area contributed by atoms with Crippen molar-refractivity contribution in [3.8, 4) is 22.8 Å². The van der Waals surface area contributed by atoms with Crippen molar-refractivity contribution >= 4 is 11.6 Å². The monoisotopic (exact) mass is 362 g/mol. The van der Waals surface area contributed by atoms with E-state index in [0.29, 0.717) is 12.3 Å². The number of rotatable bonds is 6. The van der Waals surface area contributed by atoms with Gasteiger partial charge in [0.05, 0.1) is 24.4 Å². The third kappa shape index (κ3) is 4.33. The zero-order chi connectivity index (χ0) is 17.8. The maximum absolute atomic E-state index is 13.7. The van der Waals surface area contributed by atoms with Crippen molar-refractivity contribution in [3.05, 3.63) is 59.8 Å². The predicted molar refractivity (Wildman–Crippen MR) is 92.0 cm³/mol. The second-order valence-electron chi connectivity index (χ2n) is 5.46. The molecule has 1 aromatic carbocycles. The van der Waals surface area contributed by atoms with Gasteiger partial charge in [-0.1, -0.05) is 23.7 Å². The van der Waals surface area contributed by atoms with E-state index in [1.807, 2.05) is 18.3 Å². The van der Waals surface area contributed by atoms with Crippen LogP contribution in [0.2, 0.25) is 5.02 Å². The van der Waals surface area contributed by atoms with Crippen LogP contribution in [0, 0.1) is 5.82 Å². The smallest absolute Gasteiger partial charge is 0.255 e. The zero-order valence-electron chi connectivity index (χ0n) is 13.1. The van der Waals surface area contributed by atoms with Crippen LogP contribution in [0.15, 0.2) is 48.9 Å². The summed E-state index contributed by atoms with van der Waals surface area (Å²) in [5, 5.41) is 13.4. The lowest BCUT2D eigenvalue weighted by molar-refractivity contribution is 0.250. The molecular weight excluding hydrogens is 347 g/mol. The number of ether oxygens (including phenoxy) is 1. The van der Waals surface area contributed by atoms with Gasteiger partial charge in [-0.05, 0) is 23.8 Å². The SMILES string of the molecule is NC(CO)Cn1cc(-c2ccc(Oc3ncc(Cl)cc3F)cc2)cn1. The highest BCUT2D eigenvalue weighted by molar-refractivity contribution is 6.30. The summed E-state index contributed by atoms with van der Waals surface area (Å²) in [5.74, 6) is -0.312. The molecule has 2 aromatic heterocycles. The number of benzene rings is 1. The Hall–Kier alpha value is -2.48. The number of aliphatic hydroxyl groups is 1. The highest BCUT2D eigenvalue weighted by atomic mass is 35.5. The Labute approximate surface area is 148 Å². The third-order valence-electron chi connectivity index (χ3n) is 3.47. The fourth-order valence-corrected chi connectivity index (χ4v) is 2.36. The molecule has 130 valence electrons. The maximum Gasteiger partial charge on any atom is 0.255 e. The van der Waals surface area contributed by atoms with Gasteiger partial charge >= 0.3 is 0 Å². The quantitative estimate of drug-likeness (QED) is 0.704. The first kappa shape index (κ1) is 17.3. The lowest BCUT2D eigenvalue weighted by Gasteiger charge is -2.07. The van der Waals surface area contributed by atoms with Gasteiger partial charge in [-0.15, -0.1) is 0 Å². The van der Waals surface area contributed by atoms with E-state index < -0.39 is 5.82 Å². The highest BCUT2D eigenvalue weighted by Gasteiger charge is 2.09. The van der Waals surface area contributed by atoms with E-state index in [2.05, 4.69) is 10.1 Å². The zero-order valence-corrected chi connectivity index (χ0v) is 13.9. The molecule has 0 bridgehead atoms. The molecule has 0 spiro atoms. The summed E-state index contributed by atoms with van der Waals surface area (Å²) in [6, 6.07) is 7.87. The molecule has 3 N–H and O–H groups in total. The molecular formula is C17H16ClFN4O2. The molecule has 0 radical (unpaired) electrons. The van der Waals surface area contributed by atoms with E-state index >= 15 is 0 Å². The first-order valence-corrected chi connectivity index (χ1v) is 7.91. The van der Waals surface area contributed by atoms with Crippen LogP contribution in [0.1, 0.15) is 0 Å². The average Bonchev–Trinajstić information content (AvgIpc) is 3.06. The van der Waals surface area contributed by atoms with Gasteiger partial charge in [0.2, 0.25) is 0 Å². The lowest BCUT2D eigenvalue weighted by atomic mass is 10.1. The molecule has 0 aliphatic carbocycles. The van der Waals surface area contributed by atoms with Crippen LogP contribution in [0.5, 0.6) is 11.6 Å². The van der Waals surface area contributed by atoms with Crippen LogP contribution in [-0.4, -0.2) is 32.5 Å². The Balaban J connectivity index is 1.72. The summed E-state index contributed by atoms with van der Waals surface area (Å²) < 4.78 is 20.8. The van der Waals surface area contributed by atoms with E-state index in [9.17, 15) is 4.39 Å². The van der Waals surface area contributed by atoms with Crippen LogP contribution in [-0.2, 0) is 6.54 Å². The minimum Gasteiger partial charge on any atom is -0.436 e. The fraction of sp³-hybridized carbons (Fsp3) is 0.176. The number of aliphatic hydroxyl groups excluding tert-OH is 1. The number of aromatic nitrogens is 3. The molecule has 0 saturated carbocycles. The van der Waals surface area contributed by atoms with Crippen LogP contribution in [0.3, 0.4) is 0 Å². The predicted octanol–water partition coefficient (Wildman–Crippen LogP) is 2.85. The van der Waals surface area contributed by atoms with Crippen LogP contribution in [0.4, 0.5) is 4.39 Å². The minimum absolute atomic E-state index is 0.101. The van der Waals surface area contributed by atoms with Gasteiger partial charge in [0.1, 0.15) is 5.75 Å². The Morgan fingerprint density at radius 2 is 2.00 bits per heavy atom. The molecule has 8 heteroatoms. The fourth-order valence-electron chi connectivity index (χ4n) is 2.21. The van der Waals surface area contributed by atoms with E-state index in [1.165, 1.54) is 6.20 Å². The van der Waals surface area contributed by atoms with Crippen molar-refractivity contribution in [2.24, 2.45) is 5.73 Å². The molecule has 25 heavy (non-hydrogen) atoms. The summed E-state index contributed by atoms with van der Waals surface area (Å²) in [7, 11) is 0. The van der Waals surface area contributed by atoms with E-state index in [1.54, 1.807) is 23.0 Å². The number of pyridine rings is 1. The second-order valence-corrected chi connectivity index (χ2v) is 5.90. The molecule has 0 aliphatic heterocycles. The average molecular weight is 363 g/mol. The molecule has 2 heterocycles. The molecule has 0 fully saturated rings. The molecule has 0 amide bonds. The molecule has 3 aromatic rings. The molecule has 0 saturated heterocycles. The van der Waals surface area contributed by atoms with E-state index in [4.69, 9.17) is 27.2 Å². The maximum atomic E-state index is 13.7. The first-order valence-electron chi connectivity index (χ1n) is 7.53. The number of halogens is 2. The Morgan fingerprint density at radius 3 is 2.68 bits per heavy atom. The third-order valence-corrected chi connectivity index (χ3v) is 3.67. The number of hydrogen-bond acceptors (Lipinski definition) is 5. The van der Waals surface area contributed by atoms with Crippen molar-refractivity contribution in [2.75, 3.05) is 6.61 Å².